The van der Waals surface area contributed by atoms with Crippen LogP contribution in [0.15, 0.2) is 89.9 Å². The van der Waals surface area contributed by atoms with Crippen molar-refractivity contribution >= 4 is 5.90 Å². The molecule has 1 aliphatic heterocycles. The summed E-state index contributed by atoms with van der Waals surface area (Å²) < 4.78 is 5.61. The average molecular weight is 331 g/mol. The fourth-order valence-corrected chi connectivity index (χ4v) is 2.22. The number of hydrogen-bond donors (Lipinski definition) is 0. The van der Waals surface area contributed by atoms with Crippen LogP contribution in [0.3, 0.4) is 0 Å². The molecule has 0 radical (unpaired) electrons. The van der Waals surface area contributed by atoms with Crippen molar-refractivity contribution in [2.24, 2.45) is 4.99 Å². The summed E-state index contributed by atoms with van der Waals surface area (Å²) in [4.78, 5) is 4.60. The van der Waals surface area contributed by atoms with E-state index in [9.17, 15) is 0 Å². The van der Waals surface area contributed by atoms with E-state index in [-0.39, 0.29) is 23.1 Å². The zero-order valence-electron chi connectivity index (χ0n) is 12.1. The molecule has 1 aliphatic rings. The third-order valence-electron chi connectivity index (χ3n) is 3.30. The molecule has 0 bridgehead atoms. The molecule has 0 aromatic heterocycles. The van der Waals surface area contributed by atoms with Gasteiger partial charge in [0, 0.05) is 0 Å². The van der Waals surface area contributed by atoms with Crippen LogP contribution in [0.1, 0.15) is 17.2 Å². The van der Waals surface area contributed by atoms with Gasteiger partial charge in [0.15, 0.2) is 5.90 Å². The monoisotopic (exact) mass is 331 g/mol. The van der Waals surface area contributed by atoms with Gasteiger partial charge >= 0.3 is 17.1 Å². The summed E-state index contributed by atoms with van der Waals surface area (Å²) in [6, 6.07) is 28.4. The molecule has 2 nitrogen and oxygen atoms in total. The Morgan fingerprint density at radius 3 is 2.23 bits per heavy atom. The first-order chi connectivity index (χ1) is 10.4. The Morgan fingerprint density at radius 1 is 0.955 bits per heavy atom. The van der Waals surface area contributed by atoms with Crippen LogP contribution in [-0.2, 0) is 21.8 Å². The molecule has 0 saturated heterocycles. The fraction of sp³-hybridized carbons (Fsp3) is 0.105. The largest absolute Gasteiger partial charge is 2.00 e. The van der Waals surface area contributed by atoms with E-state index >= 15 is 0 Å². The summed E-state index contributed by atoms with van der Waals surface area (Å²) in [5.41, 5.74) is 2.28. The van der Waals surface area contributed by atoms with Gasteiger partial charge in [-0.15, -0.1) is 0 Å². The Bertz CT molecular complexity index is 640. The maximum atomic E-state index is 5.61. The third kappa shape index (κ3) is 4.20. The second-order valence-electron chi connectivity index (χ2n) is 4.81. The van der Waals surface area contributed by atoms with Crippen LogP contribution in [0.5, 0.6) is 0 Å². The standard InChI is InChI=1S/C14H12NO.C5H5.Fe/c1-2-6-11(7-3-1)13-10-16-14(15-13)12-8-4-5-9-12;1-2-4-5-3-1;/h1-9,13H,10H2;1-5H;/q2*-1;+2/t13-;;/m1../s1. The van der Waals surface area contributed by atoms with E-state index in [1.165, 1.54) is 5.56 Å². The van der Waals surface area contributed by atoms with E-state index in [0.717, 1.165) is 11.5 Å². The Hall–Kier alpha value is -2.09. The van der Waals surface area contributed by atoms with Gasteiger partial charge in [-0.05, 0) is 5.56 Å². The maximum absolute atomic E-state index is 5.61. The average Bonchev–Trinajstić information content (AvgIpc) is 3.30. The Balaban J connectivity index is 0.000000253. The molecular formula is C19H17FeNO. The van der Waals surface area contributed by atoms with Crippen molar-refractivity contribution in [3.05, 3.63) is 96.1 Å². The molecule has 1 atom stereocenters. The zero-order valence-corrected chi connectivity index (χ0v) is 13.2. The second kappa shape index (κ2) is 8.38. The molecule has 0 fully saturated rings. The predicted octanol–water partition coefficient (Wildman–Crippen LogP) is 4.33. The maximum Gasteiger partial charge on any atom is 2.00 e. The molecule has 3 heteroatoms. The fourth-order valence-electron chi connectivity index (χ4n) is 2.22. The van der Waals surface area contributed by atoms with Crippen LogP contribution >= 0.6 is 0 Å². The minimum atomic E-state index is 0. The van der Waals surface area contributed by atoms with E-state index in [2.05, 4.69) is 17.1 Å². The number of aliphatic imine (C=N–C) groups is 1. The first-order valence-electron chi connectivity index (χ1n) is 7.08. The van der Waals surface area contributed by atoms with Crippen molar-refractivity contribution < 1.29 is 21.8 Å². The van der Waals surface area contributed by atoms with Gasteiger partial charge in [-0.3, -0.25) is 4.99 Å². The smallest absolute Gasteiger partial charge is 0.485 e. The number of hydrogen-bond acceptors (Lipinski definition) is 2. The molecule has 0 amide bonds. The molecule has 0 aliphatic carbocycles. The molecule has 0 unspecified atom stereocenters. The van der Waals surface area contributed by atoms with Crippen LogP contribution < -0.4 is 0 Å². The Morgan fingerprint density at radius 2 is 1.64 bits per heavy atom. The minimum absolute atomic E-state index is 0. The van der Waals surface area contributed by atoms with Crippen molar-refractivity contribution in [2.75, 3.05) is 6.61 Å². The molecule has 0 N–H and O–H groups in total. The Kier molecular flexibility index (Phi) is 6.20. The van der Waals surface area contributed by atoms with Crippen LogP contribution in [-0.4, -0.2) is 12.5 Å². The molecule has 3 aromatic rings. The van der Waals surface area contributed by atoms with E-state index in [0.29, 0.717) is 6.61 Å². The number of nitrogens with zero attached hydrogens (tertiary/aromatic N) is 1. The molecule has 0 saturated carbocycles. The summed E-state index contributed by atoms with van der Waals surface area (Å²) in [6.07, 6.45) is 0. The van der Waals surface area contributed by atoms with Crippen LogP contribution in [0.4, 0.5) is 0 Å². The van der Waals surface area contributed by atoms with Crippen LogP contribution in [0.2, 0.25) is 0 Å². The van der Waals surface area contributed by atoms with Gasteiger partial charge in [0.1, 0.15) is 12.6 Å². The van der Waals surface area contributed by atoms with Crippen molar-refractivity contribution in [1.82, 2.24) is 0 Å². The second-order valence-corrected chi connectivity index (χ2v) is 4.81. The third-order valence-corrected chi connectivity index (χ3v) is 3.30. The molecule has 0 spiro atoms. The molecular weight excluding hydrogens is 314 g/mol. The van der Waals surface area contributed by atoms with Crippen molar-refractivity contribution in [1.29, 1.82) is 0 Å². The van der Waals surface area contributed by atoms with Crippen LogP contribution in [0, 0.1) is 0 Å². The van der Waals surface area contributed by atoms with E-state index in [4.69, 9.17) is 4.74 Å². The summed E-state index contributed by atoms with van der Waals surface area (Å²) in [7, 11) is 0. The molecule has 1 heterocycles. The number of rotatable bonds is 2. The van der Waals surface area contributed by atoms with Gasteiger partial charge in [0.25, 0.3) is 0 Å². The topological polar surface area (TPSA) is 21.6 Å². The summed E-state index contributed by atoms with van der Waals surface area (Å²) in [6.45, 7) is 0.643. The van der Waals surface area contributed by atoms with E-state index < -0.39 is 0 Å². The normalized spacial score (nSPS) is 15.8. The van der Waals surface area contributed by atoms with Gasteiger partial charge in [-0.2, -0.15) is 30.3 Å². The summed E-state index contributed by atoms with van der Waals surface area (Å²) in [5, 5.41) is 0. The molecule has 112 valence electrons. The van der Waals surface area contributed by atoms with Gasteiger partial charge in [0.05, 0.1) is 0 Å². The van der Waals surface area contributed by atoms with Gasteiger partial charge < -0.3 is 4.74 Å². The predicted molar refractivity (Wildman–Crippen MR) is 85.7 cm³/mol. The molecule has 3 aromatic carbocycles. The molecule has 4 rings (SSSR count). The minimum Gasteiger partial charge on any atom is -0.485 e. The quantitative estimate of drug-likeness (QED) is 0.506. The SMILES string of the molecule is [Fe+2].c1cc[cH-]c1.c1ccc([C@H]2COC([c-]3cccc3)=N2)cc1. The van der Waals surface area contributed by atoms with E-state index in [1.807, 2.05) is 72.8 Å². The Labute approximate surface area is 141 Å². The van der Waals surface area contributed by atoms with Crippen molar-refractivity contribution in [3.63, 3.8) is 0 Å². The summed E-state index contributed by atoms with van der Waals surface area (Å²) in [5.74, 6) is 0.763. The van der Waals surface area contributed by atoms with E-state index in [1.54, 1.807) is 0 Å². The number of ether oxygens (including phenoxy) is 1. The van der Waals surface area contributed by atoms with Crippen LogP contribution in [0.25, 0.3) is 0 Å². The zero-order chi connectivity index (χ0) is 14.3. The van der Waals surface area contributed by atoms with Crippen molar-refractivity contribution in [2.45, 2.75) is 6.04 Å². The van der Waals surface area contributed by atoms with Gasteiger partial charge in [-0.25, -0.2) is 24.3 Å². The molecule has 22 heavy (non-hydrogen) atoms. The summed E-state index contributed by atoms with van der Waals surface area (Å²) >= 11 is 0. The van der Waals surface area contributed by atoms with Crippen molar-refractivity contribution in [3.8, 4) is 0 Å². The van der Waals surface area contributed by atoms with Gasteiger partial charge in [0.2, 0.25) is 0 Å². The van der Waals surface area contributed by atoms with Gasteiger partial charge in [-0.1, -0.05) is 35.9 Å². The first kappa shape index (κ1) is 16.3. The first-order valence-corrected chi connectivity index (χ1v) is 7.08. The number of benzene rings is 1.